The summed E-state index contributed by atoms with van der Waals surface area (Å²) < 4.78 is 1.85. The highest BCUT2D eigenvalue weighted by atomic mass is 35.5. The lowest BCUT2D eigenvalue weighted by molar-refractivity contribution is -0.111. The van der Waals surface area contributed by atoms with Gasteiger partial charge < -0.3 is 10.6 Å². The third-order valence-corrected chi connectivity index (χ3v) is 5.52. The number of hydrogen-bond acceptors (Lipinski definition) is 4. The molecular formula is C22H19ClN4OS. The smallest absolute Gasteiger partial charge is 0.248 e. The van der Waals surface area contributed by atoms with Gasteiger partial charge >= 0.3 is 0 Å². The van der Waals surface area contributed by atoms with E-state index in [2.05, 4.69) is 34.7 Å². The van der Waals surface area contributed by atoms with Gasteiger partial charge in [0.2, 0.25) is 5.91 Å². The molecule has 0 spiro atoms. The molecule has 1 atom stereocenters. The van der Waals surface area contributed by atoms with Crippen LogP contribution in [0, 0.1) is 0 Å². The Hall–Kier alpha value is -3.09. The van der Waals surface area contributed by atoms with Crippen molar-refractivity contribution in [2.75, 3.05) is 10.6 Å². The zero-order valence-electron chi connectivity index (χ0n) is 15.7. The van der Waals surface area contributed by atoms with Crippen molar-refractivity contribution in [2.45, 2.75) is 13.0 Å². The fraction of sp³-hybridized carbons (Fsp3) is 0.0909. The minimum Gasteiger partial charge on any atom is -0.379 e. The van der Waals surface area contributed by atoms with Gasteiger partial charge in [-0.25, -0.2) is 4.98 Å². The van der Waals surface area contributed by atoms with E-state index in [1.54, 1.807) is 6.08 Å². The quantitative estimate of drug-likeness (QED) is 0.382. The lowest BCUT2D eigenvalue weighted by atomic mass is 10.1. The molecule has 4 aromatic rings. The van der Waals surface area contributed by atoms with Crippen LogP contribution in [0.5, 0.6) is 0 Å². The number of carbonyl (C=O) groups excluding carboxylic acids is 1. The van der Waals surface area contributed by atoms with Crippen LogP contribution in [0.25, 0.3) is 11.0 Å². The number of amides is 1. The van der Waals surface area contributed by atoms with Crippen LogP contribution in [0.3, 0.4) is 0 Å². The summed E-state index contributed by atoms with van der Waals surface area (Å²) in [7, 11) is 0. The molecular weight excluding hydrogens is 404 g/mol. The highest BCUT2D eigenvalue weighted by Crippen LogP contribution is 2.23. The van der Waals surface area contributed by atoms with Crippen LogP contribution >= 0.6 is 22.9 Å². The SMILES string of the molecule is CC(Nc1ccc(NC(=O)/C=C/c2c(Cl)nc3sccn23)cc1)c1ccccc1. The molecule has 2 heterocycles. The average molecular weight is 423 g/mol. The number of nitrogens with one attached hydrogen (secondary N) is 2. The number of rotatable bonds is 6. The van der Waals surface area contributed by atoms with Crippen molar-refractivity contribution < 1.29 is 4.79 Å². The molecule has 146 valence electrons. The Labute approximate surface area is 177 Å². The van der Waals surface area contributed by atoms with E-state index in [4.69, 9.17) is 11.6 Å². The first-order valence-electron chi connectivity index (χ1n) is 9.12. The van der Waals surface area contributed by atoms with Crippen LogP contribution in [0.1, 0.15) is 24.2 Å². The summed E-state index contributed by atoms with van der Waals surface area (Å²) in [6, 6.07) is 18.1. The average Bonchev–Trinajstić information content (AvgIpc) is 3.29. The van der Waals surface area contributed by atoms with Crippen LogP contribution in [-0.2, 0) is 4.79 Å². The molecule has 4 rings (SSSR count). The lowest BCUT2D eigenvalue weighted by Crippen LogP contribution is -2.09. The van der Waals surface area contributed by atoms with E-state index in [1.807, 2.05) is 58.4 Å². The van der Waals surface area contributed by atoms with Crippen LogP contribution in [-0.4, -0.2) is 15.3 Å². The van der Waals surface area contributed by atoms with Gasteiger partial charge in [-0.3, -0.25) is 9.20 Å². The fourth-order valence-corrected chi connectivity index (χ4v) is 3.99. The summed E-state index contributed by atoms with van der Waals surface area (Å²) >= 11 is 7.63. The largest absolute Gasteiger partial charge is 0.379 e. The number of hydrogen-bond donors (Lipinski definition) is 2. The lowest BCUT2D eigenvalue weighted by Gasteiger charge is -2.16. The first kappa shape index (κ1) is 19.2. The van der Waals surface area contributed by atoms with E-state index >= 15 is 0 Å². The molecule has 29 heavy (non-hydrogen) atoms. The minimum atomic E-state index is -0.232. The summed E-state index contributed by atoms with van der Waals surface area (Å²) in [4.78, 5) is 17.3. The molecule has 7 heteroatoms. The van der Waals surface area contributed by atoms with E-state index in [0.717, 1.165) is 16.3 Å². The first-order valence-corrected chi connectivity index (χ1v) is 10.4. The molecule has 0 aliphatic carbocycles. The van der Waals surface area contributed by atoms with Crippen LogP contribution in [0.2, 0.25) is 5.15 Å². The molecule has 2 N–H and O–H groups in total. The molecule has 0 bridgehead atoms. The van der Waals surface area contributed by atoms with E-state index < -0.39 is 0 Å². The Bertz CT molecular complexity index is 1150. The molecule has 0 aliphatic rings. The summed E-state index contributed by atoms with van der Waals surface area (Å²) in [5.74, 6) is -0.232. The molecule has 0 radical (unpaired) electrons. The third-order valence-electron chi connectivity index (χ3n) is 4.48. The number of thiazole rings is 1. The predicted octanol–water partition coefficient (Wildman–Crippen LogP) is 5.87. The summed E-state index contributed by atoms with van der Waals surface area (Å²) in [6.45, 7) is 2.11. The highest BCUT2D eigenvalue weighted by Gasteiger charge is 2.09. The zero-order chi connectivity index (χ0) is 20.2. The van der Waals surface area contributed by atoms with Gasteiger partial charge in [-0.05, 0) is 42.8 Å². The standard InChI is InChI=1S/C22H19ClN4OS/c1-15(16-5-3-2-4-6-16)24-17-7-9-18(10-8-17)25-20(28)12-11-19-21(23)26-22-27(19)13-14-29-22/h2-15,24H,1H3,(H,25,28)/b12-11+. The molecule has 1 unspecified atom stereocenters. The minimum absolute atomic E-state index is 0.189. The number of aromatic nitrogens is 2. The summed E-state index contributed by atoms with van der Waals surface area (Å²) in [5, 5.41) is 8.61. The van der Waals surface area contributed by atoms with Crippen molar-refractivity contribution in [3.05, 3.63) is 88.7 Å². The van der Waals surface area contributed by atoms with Gasteiger partial charge in [-0.15, -0.1) is 11.3 Å². The molecule has 2 aromatic carbocycles. The maximum atomic E-state index is 12.3. The van der Waals surface area contributed by atoms with Crippen LogP contribution < -0.4 is 10.6 Å². The fourth-order valence-electron chi connectivity index (χ4n) is 2.99. The van der Waals surface area contributed by atoms with Crippen molar-refractivity contribution in [3.63, 3.8) is 0 Å². The Kier molecular flexibility index (Phi) is 5.64. The second-order valence-corrected chi connectivity index (χ2v) is 7.75. The third kappa shape index (κ3) is 4.50. The van der Waals surface area contributed by atoms with E-state index in [-0.39, 0.29) is 11.9 Å². The second-order valence-electron chi connectivity index (χ2n) is 6.52. The van der Waals surface area contributed by atoms with E-state index in [1.165, 1.54) is 23.0 Å². The Balaban J connectivity index is 1.37. The number of fused-ring (bicyclic) bond motifs is 1. The highest BCUT2D eigenvalue weighted by molar-refractivity contribution is 7.15. The predicted molar refractivity (Wildman–Crippen MR) is 121 cm³/mol. The van der Waals surface area contributed by atoms with E-state index in [9.17, 15) is 4.79 Å². The molecule has 0 aliphatic heterocycles. The second kappa shape index (κ2) is 8.51. The molecule has 5 nitrogen and oxygen atoms in total. The number of anilines is 2. The number of imidazole rings is 1. The number of nitrogens with zero attached hydrogens (tertiary/aromatic N) is 2. The summed E-state index contributed by atoms with van der Waals surface area (Å²) in [6.07, 6.45) is 5.00. The van der Waals surface area contributed by atoms with Crippen LogP contribution in [0.4, 0.5) is 11.4 Å². The Morgan fingerprint density at radius 1 is 1.14 bits per heavy atom. The van der Waals surface area contributed by atoms with Gasteiger partial charge in [0.05, 0.1) is 5.69 Å². The van der Waals surface area contributed by atoms with E-state index in [0.29, 0.717) is 10.8 Å². The molecule has 2 aromatic heterocycles. The molecule has 0 fully saturated rings. The number of carbonyl (C=O) groups is 1. The topological polar surface area (TPSA) is 58.4 Å². The van der Waals surface area contributed by atoms with Crippen molar-refractivity contribution in [1.29, 1.82) is 0 Å². The normalized spacial score (nSPS) is 12.3. The van der Waals surface area contributed by atoms with Gasteiger partial charge in [0.25, 0.3) is 0 Å². The Morgan fingerprint density at radius 2 is 1.86 bits per heavy atom. The maximum absolute atomic E-state index is 12.3. The van der Waals surface area contributed by atoms with Crippen molar-refractivity contribution >= 4 is 51.3 Å². The van der Waals surface area contributed by atoms with Crippen LogP contribution in [0.15, 0.2) is 72.3 Å². The van der Waals surface area contributed by atoms with Gasteiger partial charge in [0.15, 0.2) is 10.1 Å². The van der Waals surface area contributed by atoms with Crippen molar-refractivity contribution in [1.82, 2.24) is 9.38 Å². The van der Waals surface area contributed by atoms with Gasteiger partial charge in [-0.1, -0.05) is 41.9 Å². The zero-order valence-corrected chi connectivity index (χ0v) is 17.2. The van der Waals surface area contributed by atoms with Crippen molar-refractivity contribution in [3.8, 4) is 0 Å². The number of halogens is 1. The monoisotopic (exact) mass is 422 g/mol. The first-order chi connectivity index (χ1) is 14.1. The molecule has 0 saturated carbocycles. The van der Waals surface area contributed by atoms with Crippen molar-refractivity contribution in [2.24, 2.45) is 0 Å². The van der Waals surface area contributed by atoms with Gasteiger partial charge in [-0.2, -0.15) is 0 Å². The Morgan fingerprint density at radius 3 is 2.62 bits per heavy atom. The van der Waals surface area contributed by atoms with Gasteiger partial charge in [0.1, 0.15) is 0 Å². The number of benzene rings is 2. The summed E-state index contributed by atoms with van der Waals surface area (Å²) in [5.41, 5.74) is 3.61. The maximum Gasteiger partial charge on any atom is 0.248 e. The van der Waals surface area contributed by atoms with Gasteiger partial charge in [0, 0.05) is 35.1 Å². The molecule has 1 amide bonds. The molecule has 0 saturated heterocycles.